The highest BCUT2D eigenvalue weighted by Gasteiger charge is 2.20. The topological polar surface area (TPSA) is 28.5 Å². The molecule has 0 saturated carbocycles. The average Bonchev–Trinajstić information content (AvgIpc) is 3.08. The molecule has 2 aromatic rings. The molecule has 0 N–H and O–H groups in total. The van der Waals surface area contributed by atoms with Gasteiger partial charge in [-0.3, -0.25) is 9.69 Å². The summed E-state index contributed by atoms with van der Waals surface area (Å²) in [5.41, 5.74) is 1.34. The van der Waals surface area contributed by atoms with E-state index in [9.17, 15) is 4.79 Å². The van der Waals surface area contributed by atoms with Crippen molar-refractivity contribution in [1.82, 2.24) is 14.4 Å². The second kappa shape index (κ2) is 7.27. The maximum atomic E-state index is 12.3. The second-order valence-electron chi connectivity index (χ2n) is 5.81. The molecule has 0 unspecified atom stereocenters. The van der Waals surface area contributed by atoms with E-state index in [1.807, 2.05) is 35.5 Å². The predicted molar refractivity (Wildman–Crippen MR) is 87.3 cm³/mol. The van der Waals surface area contributed by atoms with Crippen LogP contribution in [0.3, 0.4) is 0 Å². The lowest BCUT2D eigenvalue weighted by molar-refractivity contribution is -0.133. The zero-order valence-corrected chi connectivity index (χ0v) is 12.9. The molecule has 1 aliphatic rings. The minimum atomic E-state index is 0.271. The number of aromatic nitrogens is 1. The zero-order chi connectivity index (χ0) is 15.2. The molecule has 116 valence electrons. The van der Waals surface area contributed by atoms with E-state index < -0.39 is 0 Å². The van der Waals surface area contributed by atoms with Crippen LogP contribution in [0.25, 0.3) is 0 Å². The number of hydrogen-bond acceptors (Lipinski definition) is 2. The smallest absolute Gasteiger partial charge is 0.224 e. The normalized spacial score (nSPS) is 15.9. The van der Waals surface area contributed by atoms with E-state index in [2.05, 4.69) is 33.7 Å². The Hall–Kier alpha value is -2.07. The van der Waals surface area contributed by atoms with Crippen LogP contribution in [0.5, 0.6) is 0 Å². The van der Waals surface area contributed by atoms with Gasteiger partial charge in [0.1, 0.15) is 0 Å². The third-order valence-electron chi connectivity index (χ3n) is 4.22. The fourth-order valence-electron chi connectivity index (χ4n) is 2.90. The highest BCUT2D eigenvalue weighted by atomic mass is 16.2. The highest BCUT2D eigenvalue weighted by Crippen LogP contribution is 2.09. The SMILES string of the molecule is O=C(CCn1cccc1)N1CCN(Cc2ccccc2)CC1. The van der Waals surface area contributed by atoms with Crippen LogP contribution in [0.2, 0.25) is 0 Å². The van der Waals surface area contributed by atoms with E-state index in [1.165, 1.54) is 5.56 Å². The van der Waals surface area contributed by atoms with Gasteiger partial charge in [0.05, 0.1) is 0 Å². The van der Waals surface area contributed by atoms with Crippen LogP contribution < -0.4 is 0 Å². The molecule has 22 heavy (non-hydrogen) atoms. The van der Waals surface area contributed by atoms with Gasteiger partial charge in [0, 0.05) is 58.1 Å². The number of amides is 1. The van der Waals surface area contributed by atoms with Crippen LogP contribution >= 0.6 is 0 Å². The largest absolute Gasteiger partial charge is 0.354 e. The fourth-order valence-corrected chi connectivity index (χ4v) is 2.90. The van der Waals surface area contributed by atoms with E-state index in [-0.39, 0.29) is 5.91 Å². The summed E-state index contributed by atoms with van der Waals surface area (Å²) in [6.07, 6.45) is 4.60. The Morgan fingerprint density at radius 1 is 0.909 bits per heavy atom. The molecule has 1 saturated heterocycles. The fraction of sp³-hybridized carbons (Fsp3) is 0.389. The van der Waals surface area contributed by atoms with Crippen molar-refractivity contribution in [3.8, 4) is 0 Å². The summed E-state index contributed by atoms with van der Waals surface area (Å²) < 4.78 is 2.06. The maximum Gasteiger partial charge on any atom is 0.224 e. The van der Waals surface area contributed by atoms with Gasteiger partial charge in [0.2, 0.25) is 5.91 Å². The Morgan fingerprint density at radius 3 is 2.27 bits per heavy atom. The first-order chi connectivity index (χ1) is 10.8. The highest BCUT2D eigenvalue weighted by molar-refractivity contribution is 5.76. The van der Waals surface area contributed by atoms with Crippen molar-refractivity contribution in [2.75, 3.05) is 26.2 Å². The van der Waals surface area contributed by atoms with Crippen molar-refractivity contribution in [2.45, 2.75) is 19.5 Å². The molecule has 0 aliphatic carbocycles. The first-order valence-corrected chi connectivity index (χ1v) is 7.96. The Bertz CT molecular complexity index is 572. The minimum absolute atomic E-state index is 0.271. The summed E-state index contributed by atoms with van der Waals surface area (Å²) in [6.45, 7) is 5.37. The molecule has 0 bridgehead atoms. The molecule has 1 aliphatic heterocycles. The van der Waals surface area contributed by atoms with Crippen molar-refractivity contribution < 1.29 is 4.79 Å². The summed E-state index contributed by atoms with van der Waals surface area (Å²) in [4.78, 5) is 16.7. The van der Waals surface area contributed by atoms with Gasteiger partial charge in [-0.15, -0.1) is 0 Å². The number of benzene rings is 1. The average molecular weight is 297 g/mol. The third-order valence-corrected chi connectivity index (χ3v) is 4.22. The van der Waals surface area contributed by atoms with Gasteiger partial charge in [-0.1, -0.05) is 30.3 Å². The van der Waals surface area contributed by atoms with E-state index in [1.54, 1.807) is 0 Å². The van der Waals surface area contributed by atoms with E-state index in [4.69, 9.17) is 0 Å². The quantitative estimate of drug-likeness (QED) is 0.846. The molecule has 0 spiro atoms. The van der Waals surface area contributed by atoms with E-state index in [0.29, 0.717) is 6.42 Å². The van der Waals surface area contributed by atoms with Gasteiger partial charge in [-0.2, -0.15) is 0 Å². The van der Waals surface area contributed by atoms with Crippen LogP contribution in [-0.2, 0) is 17.9 Å². The summed E-state index contributed by atoms with van der Waals surface area (Å²) >= 11 is 0. The lowest BCUT2D eigenvalue weighted by Crippen LogP contribution is -2.48. The number of nitrogens with zero attached hydrogens (tertiary/aromatic N) is 3. The lowest BCUT2D eigenvalue weighted by Gasteiger charge is -2.34. The van der Waals surface area contributed by atoms with Crippen LogP contribution in [0.4, 0.5) is 0 Å². The molecular formula is C18H23N3O. The lowest BCUT2D eigenvalue weighted by atomic mass is 10.2. The Kier molecular flexibility index (Phi) is 4.91. The summed E-state index contributed by atoms with van der Waals surface area (Å²) in [7, 11) is 0. The number of carbonyl (C=O) groups excluding carboxylic acids is 1. The number of piperazine rings is 1. The molecule has 1 aromatic heterocycles. The Balaban J connectivity index is 1.42. The molecule has 0 radical (unpaired) electrons. The molecule has 1 fully saturated rings. The monoisotopic (exact) mass is 297 g/mol. The van der Waals surface area contributed by atoms with Gasteiger partial charge < -0.3 is 9.47 Å². The van der Waals surface area contributed by atoms with Crippen molar-refractivity contribution in [3.05, 3.63) is 60.4 Å². The van der Waals surface area contributed by atoms with Gasteiger partial charge in [0.15, 0.2) is 0 Å². The first-order valence-electron chi connectivity index (χ1n) is 7.96. The van der Waals surface area contributed by atoms with E-state index >= 15 is 0 Å². The van der Waals surface area contributed by atoms with Crippen LogP contribution in [0, 0.1) is 0 Å². The molecule has 4 nitrogen and oxygen atoms in total. The minimum Gasteiger partial charge on any atom is -0.354 e. The molecule has 1 amide bonds. The molecule has 3 rings (SSSR count). The first kappa shape index (κ1) is 14.9. The molecule has 2 heterocycles. The maximum absolute atomic E-state index is 12.3. The third kappa shape index (κ3) is 3.98. The molecular weight excluding hydrogens is 274 g/mol. The molecule has 4 heteroatoms. The van der Waals surface area contributed by atoms with Crippen molar-refractivity contribution in [3.63, 3.8) is 0 Å². The van der Waals surface area contributed by atoms with E-state index in [0.717, 1.165) is 39.3 Å². The summed E-state index contributed by atoms with van der Waals surface area (Å²) in [6, 6.07) is 14.5. The predicted octanol–water partition coefficient (Wildman–Crippen LogP) is 2.22. The van der Waals surface area contributed by atoms with Crippen molar-refractivity contribution >= 4 is 5.91 Å². The summed E-state index contributed by atoms with van der Waals surface area (Å²) in [5, 5.41) is 0. The zero-order valence-electron chi connectivity index (χ0n) is 12.9. The number of rotatable bonds is 5. The number of aryl methyl sites for hydroxylation is 1. The van der Waals surface area contributed by atoms with Crippen LogP contribution in [-0.4, -0.2) is 46.5 Å². The Morgan fingerprint density at radius 2 is 1.59 bits per heavy atom. The second-order valence-corrected chi connectivity index (χ2v) is 5.81. The summed E-state index contributed by atoms with van der Waals surface area (Å²) in [5.74, 6) is 0.271. The number of hydrogen-bond donors (Lipinski definition) is 0. The van der Waals surface area contributed by atoms with Crippen molar-refractivity contribution in [1.29, 1.82) is 0 Å². The van der Waals surface area contributed by atoms with Crippen molar-refractivity contribution in [2.24, 2.45) is 0 Å². The molecule has 1 aromatic carbocycles. The Labute approximate surface area is 132 Å². The van der Waals surface area contributed by atoms with Gasteiger partial charge in [-0.25, -0.2) is 0 Å². The van der Waals surface area contributed by atoms with Crippen LogP contribution in [0.1, 0.15) is 12.0 Å². The number of carbonyl (C=O) groups is 1. The van der Waals surface area contributed by atoms with Crippen LogP contribution in [0.15, 0.2) is 54.9 Å². The molecule has 0 atom stereocenters. The van der Waals surface area contributed by atoms with Gasteiger partial charge in [-0.05, 0) is 17.7 Å². The van der Waals surface area contributed by atoms with Gasteiger partial charge in [0.25, 0.3) is 0 Å². The van der Waals surface area contributed by atoms with Gasteiger partial charge >= 0.3 is 0 Å². The standard InChI is InChI=1S/C18H23N3O/c22-18(8-11-19-9-4-5-10-19)21-14-12-20(13-15-21)16-17-6-2-1-3-7-17/h1-7,9-10H,8,11-16H2.